The molecular formula is C22H22BrNO4S. The van der Waals surface area contributed by atoms with Gasteiger partial charge >= 0.3 is 0 Å². The summed E-state index contributed by atoms with van der Waals surface area (Å²) in [6.07, 6.45) is 0.486. The van der Waals surface area contributed by atoms with E-state index in [4.69, 9.17) is 9.47 Å². The molecule has 0 fully saturated rings. The molecule has 0 aliphatic carbocycles. The predicted octanol–water partition coefficient (Wildman–Crippen LogP) is 4.73. The zero-order valence-electron chi connectivity index (χ0n) is 16.1. The first-order valence-corrected chi connectivity index (χ1v) is 11.2. The monoisotopic (exact) mass is 475 g/mol. The minimum absolute atomic E-state index is 0.202. The molecule has 1 atom stereocenters. The van der Waals surface area contributed by atoms with Crippen molar-refractivity contribution in [3.63, 3.8) is 0 Å². The van der Waals surface area contributed by atoms with Crippen LogP contribution in [0.2, 0.25) is 0 Å². The standard InChI is InChI=1S/C22H22BrNO4S/c1-27-18-11-7-16(8-12-18)15-21(17-9-13-19(28-2)14-10-17)24-29(25,26)22-6-4-3-5-20(22)23/h3-14,21,24H,15H2,1-2H3. The maximum Gasteiger partial charge on any atom is 0.242 e. The van der Waals surface area contributed by atoms with Crippen LogP contribution in [0, 0.1) is 0 Å². The number of hydrogen-bond acceptors (Lipinski definition) is 4. The number of methoxy groups -OCH3 is 2. The first-order valence-electron chi connectivity index (χ1n) is 8.96. The Kier molecular flexibility index (Phi) is 6.95. The Labute approximate surface area is 179 Å². The second-order valence-corrected chi connectivity index (χ2v) is 8.97. The normalized spacial score (nSPS) is 12.4. The molecular weight excluding hydrogens is 454 g/mol. The summed E-state index contributed by atoms with van der Waals surface area (Å²) in [6, 6.07) is 21.3. The maximum atomic E-state index is 13.1. The summed E-state index contributed by atoms with van der Waals surface area (Å²) >= 11 is 3.33. The molecule has 7 heteroatoms. The predicted molar refractivity (Wildman–Crippen MR) is 117 cm³/mol. The highest BCUT2D eigenvalue weighted by molar-refractivity contribution is 9.10. The fourth-order valence-corrected chi connectivity index (χ4v) is 5.20. The van der Waals surface area contributed by atoms with Crippen LogP contribution in [0.25, 0.3) is 0 Å². The molecule has 29 heavy (non-hydrogen) atoms. The minimum atomic E-state index is -3.74. The van der Waals surface area contributed by atoms with E-state index in [1.54, 1.807) is 38.5 Å². The van der Waals surface area contributed by atoms with Crippen molar-refractivity contribution in [1.82, 2.24) is 4.72 Å². The van der Waals surface area contributed by atoms with Crippen molar-refractivity contribution in [1.29, 1.82) is 0 Å². The average Bonchev–Trinajstić information content (AvgIpc) is 2.74. The summed E-state index contributed by atoms with van der Waals surface area (Å²) in [6.45, 7) is 0. The van der Waals surface area contributed by atoms with Crippen LogP contribution in [-0.4, -0.2) is 22.6 Å². The van der Waals surface area contributed by atoms with E-state index < -0.39 is 16.1 Å². The number of ether oxygens (including phenoxy) is 2. The topological polar surface area (TPSA) is 64.6 Å². The molecule has 3 aromatic carbocycles. The SMILES string of the molecule is COc1ccc(CC(NS(=O)(=O)c2ccccc2Br)c2ccc(OC)cc2)cc1. The van der Waals surface area contributed by atoms with E-state index in [0.717, 1.165) is 16.9 Å². The molecule has 3 aromatic rings. The fraction of sp³-hybridized carbons (Fsp3) is 0.182. The highest BCUT2D eigenvalue weighted by Gasteiger charge is 2.23. The van der Waals surface area contributed by atoms with Crippen LogP contribution in [-0.2, 0) is 16.4 Å². The van der Waals surface area contributed by atoms with Gasteiger partial charge in [-0.05, 0) is 69.9 Å². The van der Waals surface area contributed by atoms with Crippen LogP contribution < -0.4 is 14.2 Å². The summed E-state index contributed by atoms with van der Waals surface area (Å²) in [5, 5.41) is 0. The van der Waals surface area contributed by atoms with E-state index in [1.165, 1.54) is 0 Å². The lowest BCUT2D eigenvalue weighted by molar-refractivity contribution is 0.414. The van der Waals surface area contributed by atoms with Crippen LogP contribution in [0.5, 0.6) is 11.5 Å². The summed E-state index contributed by atoms with van der Waals surface area (Å²) in [5.41, 5.74) is 1.83. The van der Waals surface area contributed by atoms with Gasteiger partial charge in [0.25, 0.3) is 0 Å². The van der Waals surface area contributed by atoms with Crippen LogP contribution >= 0.6 is 15.9 Å². The van der Waals surface area contributed by atoms with Crippen molar-refractivity contribution < 1.29 is 17.9 Å². The van der Waals surface area contributed by atoms with Gasteiger partial charge in [-0.2, -0.15) is 0 Å². The molecule has 5 nitrogen and oxygen atoms in total. The van der Waals surface area contributed by atoms with E-state index in [2.05, 4.69) is 20.7 Å². The van der Waals surface area contributed by atoms with Gasteiger partial charge in [0, 0.05) is 4.47 Å². The van der Waals surface area contributed by atoms with Crippen LogP contribution in [0.3, 0.4) is 0 Å². The second-order valence-electron chi connectivity index (χ2n) is 6.43. The van der Waals surface area contributed by atoms with Gasteiger partial charge in [-0.3, -0.25) is 0 Å². The third kappa shape index (κ3) is 5.38. The Morgan fingerprint density at radius 1 is 0.862 bits per heavy atom. The molecule has 0 heterocycles. The summed E-state index contributed by atoms with van der Waals surface area (Å²) in [5.74, 6) is 1.47. The second kappa shape index (κ2) is 9.43. The lowest BCUT2D eigenvalue weighted by Crippen LogP contribution is -2.30. The van der Waals surface area contributed by atoms with Gasteiger partial charge in [0.1, 0.15) is 11.5 Å². The Balaban J connectivity index is 1.93. The van der Waals surface area contributed by atoms with Crippen LogP contribution in [0.15, 0.2) is 82.2 Å². The summed E-state index contributed by atoms with van der Waals surface area (Å²) in [7, 11) is -0.531. The molecule has 0 aromatic heterocycles. The van der Waals surface area contributed by atoms with Crippen molar-refractivity contribution in [3.05, 3.63) is 88.4 Å². The van der Waals surface area contributed by atoms with Crippen molar-refractivity contribution in [2.75, 3.05) is 14.2 Å². The third-order valence-corrected chi connectivity index (χ3v) is 7.02. The molecule has 0 aliphatic heterocycles. The molecule has 0 radical (unpaired) electrons. The van der Waals surface area contributed by atoms with E-state index in [1.807, 2.05) is 48.5 Å². The lowest BCUT2D eigenvalue weighted by Gasteiger charge is -2.20. The smallest absolute Gasteiger partial charge is 0.242 e. The highest BCUT2D eigenvalue weighted by Crippen LogP contribution is 2.27. The van der Waals surface area contributed by atoms with Crippen LogP contribution in [0.1, 0.15) is 17.2 Å². The van der Waals surface area contributed by atoms with Gasteiger partial charge in [0.05, 0.1) is 25.2 Å². The zero-order valence-corrected chi connectivity index (χ0v) is 18.5. The Morgan fingerprint density at radius 2 is 1.41 bits per heavy atom. The highest BCUT2D eigenvalue weighted by atomic mass is 79.9. The molecule has 0 saturated heterocycles. The van der Waals surface area contributed by atoms with E-state index in [0.29, 0.717) is 16.6 Å². The first kappa shape index (κ1) is 21.4. The molecule has 1 unspecified atom stereocenters. The third-order valence-electron chi connectivity index (χ3n) is 4.54. The van der Waals surface area contributed by atoms with Gasteiger partial charge in [-0.25, -0.2) is 13.1 Å². The number of halogens is 1. The van der Waals surface area contributed by atoms with Gasteiger partial charge in [-0.1, -0.05) is 36.4 Å². The summed E-state index contributed by atoms with van der Waals surface area (Å²) in [4.78, 5) is 0.202. The molecule has 0 amide bonds. The van der Waals surface area contributed by atoms with Crippen molar-refractivity contribution in [2.24, 2.45) is 0 Å². The zero-order chi connectivity index (χ0) is 20.9. The number of benzene rings is 3. The average molecular weight is 476 g/mol. The van der Waals surface area contributed by atoms with Crippen LogP contribution in [0.4, 0.5) is 0 Å². The van der Waals surface area contributed by atoms with Crippen molar-refractivity contribution in [3.8, 4) is 11.5 Å². The molecule has 3 rings (SSSR count). The largest absolute Gasteiger partial charge is 0.497 e. The number of sulfonamides is 1. The molecule has 0 bridgehead atoms. The maximum absolute atomic E-state index is 13.1. The minimum Gasteiger partial charge on any atom is -0.497 e. The van der Waals surface area contributed by atoms with Gasteiger partial charge < -0.3 is 9.47 Å². The molecule has 0 aliphatic rings. The van der Waals surface area contributed by atoms with Gasteiger partial charge in [-0.15, -0.1) is 0 Å². The number of rotatable bonds is 8. The summed E-state index contributed by atoms with van der Waals surface area (Å²) < 4.78 is 39.9. The number of nitrogens with one attached hydrogen (secondary N) is 1. The number of hydrogen-bond donors (Lipinski definition) is 1. The molecule has 0 spiro atoms. The molecule has 0 saturated carbocycles. The van der Waals surface area contributed by atoms with E-state index in [-0.39, 0.29) is 4.90 Å². The molecule has 1 N–H and O–H groups in total. The fourth-order valence-electron chi connectivity index (χ4n) is 2.97. The van der Waals surface area contributed by atoms with E-state index >= 15 is 0 Å². The van der Waals surface area contributed by atoms with Gasteiger partial charge in [0.15, 0.2) is 0 Å². The Hall–Kier alpha value is -2.35. The van der Waals surface area contributed by atoms with E-state index in [9.17, 15) is 8.42 Å². The first-order chi connectivity index (χ1) is 13.9. The van der Waals surface area contributed by atoms with Gasteiger partial charge in [0.2, 0.25) is 10.0 Å². The quantitative estimate of drug-likeness (QED) is 0.511. The van der Waals surface area contributed by atoms with Crippen molar-refractivity contribution in [2.45, 2.75) is 17.4 Å². The Morgan fingerprint density at radius 3 is 1.97 bits per heavy atom. The van der Waals surface area contributed by atoms with Crippen molar-refractivity contribution >= 4 is 26.0 Å². The Bertz CT molecular complexity index is 1050. The molecule has 152 valence electrons. The lowest BCUT2D eigenvalue weighted by atomic mass is 9.99.